The molecule has 2 aromatic carbocycles. The molecular weight excluding hydrogens is 330 g/mol. The second-order valence-electron chi connectivity index (χ2n) is 7.76. The summed E-state index contributed by atoms with van der Waals surface area (Å²) in [6, 6.07) is 15.3. The van der Waals surface area contributed by atoms with Crippen molar-refractivity contribution < 1.29 is 4.43 Å². The molecule has 0 radical (unpaired) electrons. The van der Waals surface area contributed by atoms with E-state index in [0.29, 0.717) is 0 Å². The van der Waals surface area contributed by atoms with Crippen molar-refractivity contribution in [3.05, 3.63) is 48.0 Å². The van der Waals surface area contributed by atoms with Crippen LogP contribution in [0.2, 0.25) is 13.1 Å². The maximum Gasteiger partial charge on any atom is 0.171 e. The topological polar surface area (TPSA) is 12.5 Å². The van der Waals surface area contributed by atoms with E-state index in [1.165, 1.54) is 26.7 Å². The van der Waals surface area contributed by atoms with Gasteiger partial charge in [-0.25, -0.2) is 0 Å². The summed E-state index contributed by atoms with van der Waals surface area (Å²) in [7, 11) is 1.02. The maximum absolute atomic E-state index is 6.50. The number of rotatable bonds is 3. The lowest BCUT2D eigenvalue weighted by molar-refractivity contribution is 0.0843. The minimum Gasteiger partial charge on any atom is -0.413 e. The fourth-order valence-corrected chi connectivity index (χ4v) is 5.58. The van der Waals surface area contributed by atoms with Crippen LogP contribution in [0.25, 0.3) is 0 Å². The Bertz CT molecular complexity index is 739. The Kier molecular flexibility index (Phi) is 4.82. The molecule has 1 aliphatic heterocycles. The molecule has 0 saturated heterocycles. The first-order valence-corrected chi connectivity index (χ1v) is 12.2. The van der Waals surface area contributed by atoms with Gasteiger partial charge in [0.05, 0.1) is 17.5 Å². The number of hydrogen-bond acceptors (Lipinski definition) is 3. The van der Waals surface area contributed by atoms with Crippen LogP contribution in [0.5, 0.6) is 0 Å². The van der Waals surface area contributed by atoms with E-state index >= 15 is 0 Å². The summed E-state index contributed by atoms with van der Waals surface area (Å²) in [6.07, 6.45) is 0.130. The van der Waals surface area contributed by atoms with Crippen molar-refractivity contribution in [2.24, 2.45) is 5.41 Å². The number of anilines is 2. The van der Waals surface area contributed by atoms with Gasteiger partial charge in [0.1, 0.15) is 0 Å². The third kappa shape index (κ3) is 3.28. The van der Waals surface area contributed by atoms with Crippen molar-refractivity contribution in [1.82, 2.24) is 0 Å². The maximum atomic E-state index is 6.50. The van der Waals surface area contributed by atoms with Crippen molar-refractivity contribution in [3.8, 4) is 0 Å². The second kappa shape index (κ2) is 6.58. The number of nitrogens with zero attached hydrogens (tertiary/aromatic N) is 1. The van der Waals surface area contributed by atoms with E-state index in [9.17, 15) is 0 Å². The molecule has 0 bridgehead atoms. The fraction of sp³-hybridized carbons (Fsp3) is 0.400. The van der Waals surface area contributed by atoms with Crippen LogP contribution >= 0.6 is 11.8 Å². The first kappa shape index (κ1) is 17.6. The van der Waals surface area contributed by atoms with Crippen LogP contribution in [0.15, 0.2) is 52.3 Å². The molecule has 4 heteroatoms. The van der Waals surface area contributed by atoms with E-state index in [1.807, 2.05) is 11.8 Å². The van der Waals surface area contributed by atoms with Gasteiger partial charge in [-0.15, -0.1) is 0 Å². The van der Waals surface area contributed by atoms with Gasteiger partial charge in [-0.3, -0.25) is 0 Å². The lowest BCUT2D eigenvalue weighted by Crippen LogP contribution is -2.27. The zero-order valence-corrected chi connectivity index (χ0v) is 17.4. The Hall–Kier alpha value is -1.23. The Morgan fingerprint density at radius 1 is 1.00 bits per heavy atom. The molecule has 1 aliphatic rings. The summed E-state index contributed by atoms with van der Waals surface area (Å²) >= 11 is 1.88. The van der Waals surface area contributed by atoms with Gasteiger partial charge in [0.2, 0.25) is 0 Å². The van der Waals surface area contributed by atoms with E-state index in [-0.39, 0.29) is 11.5 Å². The van der Waals surface area contributed by atoms with E-state index in [0.717, 1.165) is 0 Å². The van der Waals surface area contributed by atoms with Gasteiger partial charge in [-0.2, -0.15) is 0 Å². The molecule has 0 aliphatic carbocycles. The number of hydrogen-bond donors (Lipinski definition) is 0. The summed E-state index contributed by atoms with van der Waals surface area (Å²) in [4.78, 5) is 4.96. The normalized spacial score (nSPS) is 15.2. The van der Waals surface area contributed by atoms with Gasteiger partial charge in [-0.05, 0) is 42.3 Å². The molecule has 0 N–H and O–H groups in total. The third-order valence-electron chi connectivity index (χ3n) is 4.30. The van der Waals surface area contributed by atoms with Crippen molar-refractivity contribution in [2.75, 3.05) is 11.9 Å². The monoisotopic (exact) mass is 357 g/mol. The number of benzene rings is 2. The highest BCUT2D eigenvalue weighted by atomic mass is 32.2. The van der Waals surface area contributed by atoms with Crippen LogP contribution in [0.4, 0.5) is 11.4 Å². The lowest BCUT2D eigenvalue weighted by atomic mass is 9.84. The molecule has 128 valence electrons. The molecular formula is C20H27NOSSi. The fourth-order valence-electron chi connectivity index (χ4n) is 3.20. The Morgan fingerprint density at radius 3 is 2.33 bits per heavy atom. The Morgan fingerprint density at radius 2 is 1.67 bits per heavy atom. The summed E-state index contributed by atoms with van der Waals surface area (Å²) in [5.41, 5.74) is 3.95. The van der Waals surface area contributed by atoms with Gasteiger partial charge in [0.15, 0.2) is 9.04 Å². The van der Waals surface area contributed by atoms with Crippen LogP contribution in [-0.4, -0.2) is 16.1 Å². The molecule has 1 unspecified atom stereocenters. The van der Waals surface area contributed by atoms with E-state index < -0.39 is 9.04 Å². The predicted molar refractivity (Wildman–Crippen MR) is 107 cm³/mol. The van der Waals surface area contributed by atoms with Crippen molar-refractivity contribution in [3.63, 3.8) is 0 Å². The number of para-hydroxylation sites is 1. The highest BCUT2D eigenvalue weighted by Gasteiger charge is 2.33. The van der Waals surface area contributed by atoms with E-state index in [4.69, 9.17) is 4.43 Å². The molecule has 0 aromatic heterocycles. The van der Waals surface area contributed by atoms with Crippen LogP contribution < -0.4 is 4.90 Å². The minimum atomic E-state index is -1.14. The molecule has 3 rings (SSSR count). The van der Waals surface area contributed by atoms with Gasteiger partial charge in [0, 0.05) is 16.8 Å². The molecule has 1 atom stereocenters. The highest BCUT2D eigenvalue weighted by Crippen LogP contribution is 2.52. The standard InChI is InChI=1S/C20H27NOSSi/c1-20(2,3)19(22-24(5)6)14-10-9-12-16-18(14)23-17-13-8-7-11-15(17)21(16)4/h7-13,19,24H,1-6H3. The van der Waals surface area contributed by atoms with Gasteiger partial charge in [0.25, 0.3) is 0 Å². The average molecular weight is 358 g/mol. The largest absolute Gasteiger partial charge is 0.413 e. The molecule has 2 aromatic rings. The highest BCUT2D eigenvalue weighted by molar-refractivity contribution is 7.99. The predicted octanol–water partition coefficient (Wildman–Crippen LogP) is 6.01. The third-order valence-corrected chi connectivity index (χ3v) is 6.33. The van der Waals surface area contributed by atoms with Crippen molar-refractivity contribution in [1.29, 1.82) is 0 Å². The zero-order valence-electron chi connectivity index (χ0n) is 15.5. The summed E-state index contributed by atoms with van der Waals surface area (Å²) in [6.45, 7) is 11.3. The average Bonchev–Trinajstić information content (AvgIpc) is 2.51. The molecule has 0 amide bonds. The molecule has 0 saturated carbocycles. The minimum absolute atomic E-state index is 0.0719. The molecule has 2 nitrogen and oxygen atoms in total. The lowest BCUT2D eigenvalue weighted by Gasteiger charge is -2.37. The summed E-state index contributed by atoms with van der Waals surface area (Å²) in [5.74, 6) is 0. The molecule has 0 fully saturated rings. The van der Waals surface area contributed by atoms with Crippen LogP contribution in [0, 0.1) is 5.41 Å². The summed E-state index contributed by atoms with van der Waals surface area (Å²) < 4.78 is 6.50. The SMILES string of the molecule is CN1c2ccccc2Sc2c(C(O[SiH](C)C)C(C)(C)C)cccc21. The quantitative estimate of drug-likeness (QED) is 0.624. The molecule has 0 spiro atoms. The second-order valence-corrected chi connectivity index (χ2v) is 11.2. The first-order chi connectivity index (χ1) is 11.3. The van der Waals surface area contributed by atoms with Crippen molar-refractivity contribution >= 4 is 32.2 Å². The van der Waals surface area contributed by atoms with Crippen LogP contribution in [0.3, 0.4) is 0 Å². The van der Waals surface area contributed by atoms with E-state index in [2.05, 4.69) is 88.3 Å². The smallest absolute Gasteiger partial charge is 0.171 e. The number of fused-ring (bicyclic) bond motifs is 2. The van der Waals surface area contributed by atoms with Gasteiger partial charge < -0.3 is 9.33 Å². The Labute approximate surface area is 151 Å². The first-order valence-electron chi connectivity index (χ1n) is 8.58. The Balaban J connectivity index is 2.11. The van der Waals surface area contributed by atoms with Gasteiger partial charge in [-0.1, -0.05) is 56.8 Å². The van der Waals surface area contributed by atoms with Crippen molar-refractivity contribution in [2.45, 2.75) is 49.8 Å². The molecule has 24 heavy (non-hydrogen) atoms. The summed E-state index contributed by atoms with van der Waals surface area (Å²) in [5, 5.41) is 0. The van der Waals surface area contributed by atoms with Gasteiger partial charge >= 0.3 is 0 Å². The van der Waals surface area contributed by atoms with Crippen LogP contribution in [-0.2, 0) is 4.43 Å². The van der Waals surface area contributed by atoms with E-state index in [1.54, 1.807) is 0 Å². The van der Waals surface area contributed by atoms with Crippen LogP contribution in [0.1, 0.15) is 32.4 Å². The zero-order chi connectivity index (χ0) is 17.5. The molecule has 1 heterocycles.